The number of aromatic nitrogens is 1. The lowest BCUT2D eigenvalue weighted by Gasteiger charge is -2.19. The minimum Gasteiger partial charge on any atom is -0.465 e. The maximum absolute atomic E-state index is 13.1. The summed E-state index contributed by atoms with van der Waals surface area (Å²) in [6, 6.07) is 16.1. The summed E-state index contributed by atoms with van der Waals surface area (Å²) in [6.45, 7) is 6.24. The Balaban J connectivity index is 1.50. The normalized spacial score (nSPS) is 12.1. The predicted octanol–water partition coefficient (Wildman–Crippen LogP) is 5.24. The zero-order valence-corrected chi connectivity index (χ0v) is 22.5. The number of hydrogen-bond acceptors (Lipinski definition) is 7. The molecule has 0 aliphatic carbocycles. The fraction of sp³-hybridized carbons (Fsp3) is 0.148. The standard InChI is InChI=1S/C27H26N4O5S2/c1-27(2,3)19-8-6-18(7-9-19)24(32)30-23(17-21-5-4-15-36-21)25(33)29-20-10-12-22(13-11-20)38(34,35)31-26-28-14-16-37-26/h4-17H,1-3H3,(H,28,31)(H,29,33)(H,30,32)/b23-17-. The average Bonchev–Trinajstić information content (AvgIpc) is 3.58. The second-order valence-corrected chi connectivity index (χ2v) is 11.9. The lowest BCUT2D eigenvalue weighted by Crippen LogP contribution is -2.30. The zero-order valence-electron chi connectivity index (χ0n) is 20.9. The molecule has 0 radical (unpaired) electrons. The molecule has 4 rings (SSSR count). The third-order valence-electron chi connectivity index (χ3n) is 5.41. The molecule has 0 bridgehead atoms. The van der Waals surface area contributed by atoms with Crippen molar-refractivity contribution < 1.29 is 22.4 Å². The van der Waals surface area contributed by atoms with Gasteiger partial charge in [-0.3, -0.25) is 14.3 Å². The molecular weight excluding hydrogens is 524 g/mol. The van der Waals surface area contributed by atoms with Crippen LogP contribution < -0.4 is 15.4 Å². The summed E-state index contributed by atoms with van der Waals surface area (Å²) in [5.41, 5.74) is 1.68. The fourth-order valence-electron chi connectivity index (χ4n) is 3.35. The van der Waals surface area contributed by atoms with Crippen LogP contribution in [-0.2, 0) is 20.2 Å². The third kappa shape index (κ3) is 6.75. The van der Waals surface area contributed by atoms with E-state index in [0.29, 0.717) is 17.0 Å². The van der Waals surface area contributed by atoms with Crippen LogP contribution in [0.15, 0.2) is 93.5 Å². The van der Waals surface area contributed by atoms with Crippen LogP contribution in [-0.4, -0.2) is 25.2 Å². The number of carbonyl (C=O) groups excluding carboxylic acids is 2. The first-order valence-corrected chi connectivity index (χ1v) is 13.9. The van der Waals surface area contributed by atoms with Crippen LogP contribution in [0.5, 0.6) is 0 Å². The maximum Gasteiger partial charge on any atom is 0.272 e. The summed E-state index contributed by atoms with van der Waals surface area (Å²) in [4.78, 5) is 30.0. The van der Waals surface area contributed by atoms with Gasteiger partial charge in [-0.25, -0.2) is 13.4 Å². The van der Waals surface area contributed by atoms with Crippen LogP contribution >= 0.6 is 11.3 Å². The molecule has 0 aliphatic heterocycles. The van der Waals surface area contributed by atoms with Gasteiger partial charge < -0.3 is 15.1 Å². The van der Waals surface area contributed by atoms with Crippen molar-refractivity contribution in [3.05, 3.63) is 101 Å². The molecule has 0 unspecified atom stereocenters. The van der Waals surface area contributed by atoms with Crippen molar-refractivity contribution in [1.29, 1.82) is 0 Å². The van der Waals surface area contributed by atoms with E-state index in [1.54, 1.807) is 29.6 Å². The highest BCUT2D eigenvalue weighted by atomic mass is 32.2. The summed E-state index contributed by atoms with van der Waals surface area (Å²) < 4.78 is 32.8. The Morgan fingerprint density at radius 3 is 2.29 bits per heavy atom. The molecular formula is C27H26N4O5S2. The van der Waals surface area contributed by atoms with Gasteiger partial charge in [0.2, 0.25) is 0 Å². The van der Waals surface area contributed by atoms with Crippen LogP contribution in [0.1, 0.15) is 42.5 Å². The topological polar surface area (TPSA) is 130 Å². The van der Waals surface area contributed by atoms with E-state index >= 15 is 0 Å². The molecule has 0 spiro atoms. The second-order valence-electron chi connectivity index (χ2n) is 9.28. The van der Waals surface area contributed by atoms with Gasteiger partial charge in [0.15, 0.2) is 5.13 Å². The van der Waals surface area contributed by atoms with Crippen molar-refractivity contribution in [2.75, 3.05) is 10.0 Å². The number of nitrogens with one attached hydrogen (secondary N) is 3. The zero-order chi connectivity index (χ0) is 27.3. The lowest BCUT2D eigenvalue weighted by atomic mass is 9.87. The van der Waals surface area contributed by atoms with Crippen molar-refractivity contribution >= 4 is 50.1 Å². The van der Waals surface area contributed by atoms with Gasteiger partial charge in [-0.05, 0) is 59.5 Å². The van der Waals surface area contributed by atoms with E-state index < -0.39 is 21.8 Å². The molecule has 0 fully saturated rings. The monoisotopic (exact) mass is 550 g/mol. The first-order valence-electron chi connectivity index (χ1n) is 11.5. The maximum atomic E-state index is 13.1. The van der Waals surface area contributed by atoms with Gasteiger partial charge >= 0.3 is 0 Å². The Labute approximate surface area is 224 Å². The Kier molecular flexibility index (Phi) is 7.79. The first-order chi connectivity index (χ1) is 18.0. The second kappa shape index (κ2) is 11.0. The van der Waals surface area contributed by atoms with Gasteiger partial charge in [0.05, 0.1) is 11.2 Å². The number of benzene rings is 2. The Bertz CT molecular complexity index is 1540. The van der Waals surface area contributed by atoms with E-state index in [1.807, 2.05) is 12.1 Å². The fourth-order valence-corrected chi connectivity index (χ4v) is 5.14. The number of hydrogen-bond donors (Lipinski definition) is 3. The molecule has 2 aromatic carbocycles. The Morgan fingerprint density at radius 2 is 1.71 bits per heavy atom. The number of sulfonamides is 1. The number of anilines is 2. The van der Waals surface area contributed by atoms with Crippen LogP contribution in [0.3, 0.4) is 0 Å². The van der Waals surface area contributed by atoms with Crippen molar-refractivity contribution in [2.24, 2.45) is 0 Å². The largest absolute Gasteiger partial charge is 0.465 e. The van der Waals surface area contributed by atoms with Gasteiger partial charge in [0.25, 0.3) is 21.8 Å². The molecule has 4 aromatic rings. The molecule has 2 aromatic heterocycles. The van der Waals surface area contributed by atoms with Gasteiger partial charge in [-0.1, -0.05) is 32.9 Å². The highest BCUT2D eigenvalue weighted by Crippen LogP contribution is 2.23. The number of thiazole rings is 1. The van der Waals surface area contributed by atoms with E-state index in [9.17, 15) is 18.0 Å². The van der Waals surface area contributed by atoms with Crippen molar-refractivity contribution in [3.63, 3.8) is 0 Å². The summed E-state index contributed by atoms with van der Waals surface area (Å²) in [7, 11) is -3.83. The number of rotatable bonds is 8. The van der Waals surface area contributed by atoms with Crippen molar-refractivity contribution in [3.8, 4) is 0 Å². The highest BCUT2D eigenvalue weighted by molar-refractivity contribution is 7.93. The van der Waals surface area contributed by atoms with Crippen LogP contribution in [0.4, 0.5) is 10.8 Å². The molecule has 11 heteroatoms. The van der Waals surface area contributed by atoms with Crippen molar-refractivity contribution in [1.82, 2.24) is 10.3 Å². The van der Waals surface area contributed by atoms with Gasteiger partial charge in [0.1, 0.15) is 11.5 Å². The summed E-state index contributed by atoms with van der Waals surface area (Å²) in [6.07, 6.45) is 4.36. The quantitative estimate of drug-likeness (QED) is 0.257. The molecule has 0 saturated heterocycles. The van der Waals surface area contributed by atoms with E-state index in [0.717, 1.165) is 16.9 Å². The van der Waals surface area contributed by atoms with Crippen molar-refractivity contribution in [2.45, 2.75) is 31.1 Å². The Hall–Kier alpha value is -4.22. The molecule has 2 heterocycles. The van der Waals surface area contributed by atoms with Crippen LogP contribution in [0.25, 0.3) is 6.08 Å². The lowest BCUT2D eigenvalue weighted by molar-refractivity contribution is -0.113. The molecule has 0 saturated carbocycles. The molecule has 196 valence electrons. The number of carbonyl (C=O) groups is 2. The van der Waals surface area contributed by atoms with E-state index in [1.165, 1.54) is 42.8 Å². The predicted molar refractivity (Wildman–Crippen MR) is 147 cm³/mol. The van der Waals surface area contributed by atoms with E-state index in [4.69, 9.17) is 4.42 Å². The number of nitrogens with zero attached hydrogens (tertiary/aromatic N) is 1. The number of furan rings is 1. The average molecular weight is 551 g/mol. The van der Waals surface area contributed by atoms with E-state index in [-0.39, 0.29) is 21.1 Å². The smallest absolute Gasteiger partial charge is 0.272 e. The number of amides is 2. The molecule has 3 N–H and O–H groups in total. The van der Waals surface area contributed by atoms with Gasteiger partial charge in [-0.15, -0.1) is 11.3 Å². The van der Waals surface area contributed by atoms with Crippen LogP contribution in [0, 0.1) is 0 Å². The summed E-state index contributed by atoms with van der Waals surface area (Å²) >= 11 is 1.16. The molecule has 2 amide bonds. The molecule has 0 atom stereocenters. The van der Waals surface area contributed by atoms with Gasteiger partial charge in [-0.2, -0.15) is 0 Å². The van der Waals surface area contributed by atoms with Gasteiger partial charge in [0, 0.05) is 28.9 Å². The SMILES string of the molecule is CC(C)(C)c1ccc(C(=O)N/C(=C\c2ccco2)C(=O)Nc2ccc(S(=O)(=O)Nc3nccs3)cc2)cc1. The minimum atomic E-state index is -3.83. The van der Waals surface area contributed by atoms with E-state index in [2.05, 4.69) is 41.1 Å². The Morgan fingerprint density at radius 1 is 1.00 bits per heavy atom. The summed E-state index contributed by atoms with van der Waals surface area (Å²) in [5, 5.41) is 7.23. The molecule has 9 nitrogen and oxygen atoms in total. The summed E-state index contributed by atoms with van der Waals surface area (Å²) in [5.74, 6) is -0.709. The van der Waals surface area contributed by atoms with Crippen LogP contribution in [0.2, 0.25) is 0 Å². The molecule has 38 heavy (non-hydrogen) atoms. The first kappa shape index (κ1) is 26.8. The minimum absolute atomic E-state index is 0.00376. The third-order valence-corrected chi connectivity index (χ3v) is 7.58. The highest BCUT2D eigenvalue weighted by Gasteiger charge is 2.19. The molecule has 0 aliphatic rings.